The molecule has 0 spiro atoms. The minimum Gasteiger partial charge on any atom is -0.504 e. The summed E-state index contributed by atoms with van der Waals surface area (Å²) in [5.74, 6) is 0.496. The summed E-state index contributed by atoms with van der Waals surface area (Å²) in [5.41, 5.74) is 3.31. The average molecular weight is 368 g/mol. The van der Waals surface area contributed by atoms with Crippen LogP contribution in [0, 0.1) is 11.8 Å². The van der Waals surface area contributed by atoms with Crippen LogP contribution in [0.15, 0.2) is 48.8 Å². The van der Waals surface area contributed by atoms with Crippen molar-refractivity contribution in [1.82, 2.24) is 4.90 Å². The summed E-state index contributed by atoms with van der Waals surface area (Å²) >= 11 is 0. The summed E-state index contributed by atoms with van der Waals surface area (Å²) < 4.78 is 10.3. The summed E-state index contributed by atoms with van der Waals surface area (Å²) in [5, 5.41) is 3.77. The van der Waals surface area contributed by atoms with E-state index in [2.05, 4.69) is 41.1 Å². The fourth-order valence-corrected chi connectivity index (χ4v) is 5.31. The first-order chi connectivity index (χ1) is 13.2. The molecular weight excluding hydrogens is 340 g/mol. The average Bonchev–Trinajstić information content (AvgIpc) is 3.09. The molecule has 1 aromatic rings. The van der Waals surface area contributed by atoms with Gasteiger partial charge in [-0.1, -0.05) is 24.3 Å². The number of carbonyl (C=O) groups excluding carboxylic acids is 1. The van der Waals surface area contributed by atoms with Crippen molar-refractivity contribution < 1.29 is 14.3 Å². The third-order valence-corrected chi connectivity index (χ3v) is 6.55. The smallest absolute Gasteiger partial charge is 0.337 e. The van der Waals surface area contributed by atoms with Gasteiger partial charge in [-0.2, -0.15) is 0 Å². The number of nitrogens with zero attached hydrogens (tertiary/aromatic N) is 1. The van der Waals surface area contributed by atoms with Gasteiger partial charge in [0.05, 0.1) is 26.1 Å². The van der Waals surface area contributed by atoms with Gasteiger partial charge in [0, 0.05) is 36.2 Å². The Kier molecular flexibility index (Phi) is 4.96. The van der Waals surface area contributed by atoms with Crippen LogP contribution in [0.1, 0.15) is 24.3 Å². The van der Waals surface area contributed by atoms with Gasteiger partial charge < -0.3 is 14.8 Å². The van der Waals surface area contributed by atoms with Crippen molar-refractivity contribution in [2.75, 3.05) is 32.6 Å². The predicted molar refractivity (Wildman–Crippen MR) is 105 cm³/mol. The third-order valence-electron chi connectivity index (χ3n) is 6.55. The first kappa shape index (κ1) is 18.1. The lowest BCUT2D eigenvalue weighted by Gasteiger charge is -2.50. The molecule has 5 heteroatoms. The van der Waals surface area contributed by atoms with Crippen LogP contribution in [0.5, 0.6) is 0 Å². The topological polar surface area (TPSA) is 50.8 Å². The lowest BCUT2D eigenvalue weighted by molar-refractivity contribution is -0.137. The molecule has 0 radical (unpaired) electrons. The molecule has 5 unspecified atom stereocenters. The molecule has 0 saturated carbocycles. The first-order valence-electron chi connectivity index (χ1n) is 9.71. The first-order valence-corrected chi connectivity index (χ1v) is 9.71. The number of anilines is 1. The SMILES string of the molecule is C=CC1CN2CCC3c4ccccc4NC3C2CC1C(=COC)C(=O)OC. The van der Waals surface area contributed by atoms with Crippen LogP contribution < -0.4 is 5.32 Å². The molecule has 27 heavy (non-hydrogen) atoms. The van der Waals surface area contributed by atoms with E-state index >= 15 is 0 Å². The quantitative estimate of drug-likeness (QED) is 0.383. The van der Waals surface area contributed by atoms with Gasteiger partial charge in [0.25, 0.3) is 0 Å². The fraction of sp³-hybridized carbons (Fsp3) is 0.500. The molecule has 3 aliphatic rings. The van der Waals surface area contributed by atoms with Crippen molar-refractivity contribution in [3.05, 3.63) is 54.3 Å². The Morgan fingerprint density at radius 1 is 1.33 bits per heavy atom. The van der Waals surface area contributed by atoms with Crippen LogP contribution in [0.2, 0.25) is 0 Å². The maximum Gasteiger partial charge on any atom is 0.337 e. The minimum atomic E-state index is -0.308. The second kappa shape index (κ2) is 7.39. The van der Waals surface area contributed by atoms with Gasteiger partial charge in [-0.3, -0.25) is 4.90 Å². The van der Waals surface area contributed by atoms with E-state index in [0.717, 1.165) is 25.9 Å². The molecule has 1 aromatic carbocycles. The van der Waals surface area contributed by atoms with Gasteiger partial charge in [-0.05, 0) is 36.9 Å². The number of piperidine rings is 2. The molecule has 0 bridgehead atoms. The monoisotopic (exact) mass is 368 g/mol. The van der Waals surface area contributed by atoms with Gasteiger partial charge in [-0.25, -0.2) is 4.79 Å². The molecule has 5 nitrogen and oxygen atoms in total. The van der Waals surface area contributed by atoms with Gasteiger partial charge >= 0.3 is 5.97 Å². The highest BCUT2D eigenvalue weighted by atomic mass is 16.5. The summed E-state index contributed by atoms with van der Waals surface area (Å²) in [6.45, 7) is 6.03. The Labute approximate surface area is 161 Å². The number of rotatable bonds is 4. The van der Waals surface area contributed by atoms with E-state index in [1.165, 1.54) is 18.4 Å². The minimum absolute atomic E-state index is 0.0559. The maximum absolute atomic E-state index is 12.4. The number of methoxy groups -OCH3 is 2. The largest absolute Gasteiger partial charge is 0.504 e. The Morgan fingerprint density at radius 2 is 2.15 bits per heavy atom. The molecule has 4 rings (SSSR count). The maximum atomic E-state index is 12.4. The van der Waals surface area contributed by atoms with Gasteiger partial charge in [0.15, 0.2) is 0 Å². The molecule has 3 aliphatic heterocycles. The van der Waals surface area contributed by atoms with Crippen LogP contribution in [0.3, 0.4) is 0 Å². The number of hydrogen-bond donors (Lipinski definition) is 1. The zero-order chi connectivity index (χ0) is 19.0. The third kappa shape index (κ3) is 3.04. The Hall–Kier alpha value is -2.27. The number of hydrogen-bond acceptors (Lipinski definition) is 5. The lowest BCUT2D eigenvalue weighted by atomic mass is 9.71. The standard InChI is InChI=1S/C22H28N2O3/c1-4-14-12-24-10-9-16-15-7-5-6-8-19(15)23-21(16)20(24)11-17(14)18(13-26-2)22(25)27-3/h4-8,13-14,16-17,20-21,23H,1,9-12H2,2-3H3. The van der Waals surface area contributed by atoms with Crippen molar-refractivity contribution in [2.24, 2.45) is 11.8 Å². The van der Waals surface area contributed by atoms with Crippen LogP contribution in [-0.2, 0) is 14.3 Å². The van der Waals surface area contributed by atoms with Crippen LogP contribution in [0.4, 0.5) is 5.69 Å². The highest BCUT2D eigenvalue weighted by Crippen LogP contribution is 2.47. The Bertz CT molecular complexity index is 760. The molecule has 2 fully saturated rings. The number of ether oxygens (including phenoxy) is 2. The molecule has 0 aliphatic carbocycles. The number of nitrogens with one attached hydrogen (secondary N) is 1. The van der Waals surface area contributed by atoms with Gasteiger partial charge in [0.1, 0.15) is 0 Å². The zero-order valence-corrected chi connectivity index (χ0v) is 16.1. The summed E-state index contributed by atoms with van der Waals surface area (Å²) in [6.07, 6.45) is 5.59. The zero-order valence-electron chi connectivity index (χ0n) is 16.1. The highest BCUT2D eigenvalue weighted by Gasteiger charge is 2.48. The Morgan fingerprint density at radius 3 is 2.89 bits per heavy atom. The van der Waals surface area contributed by atoms with Crippen molar-refractivity contribution in [2.45, 2.75) is 30.8 Å². The van der Waals surface area contributed by atoms with E-state index in [0.29, 0.717) is 23.6 Å². The molecular formula is C22H28N2O3. The van der Waals surface area contributed by atoms with Crippen LogP contribution >= 0.6 is 0 Å². The van der Waals surface area contributed by atoms with E-state index in [-0.39, 0.29) is 17.8 Å². The van der Waals surface area contributed by atoms with Gasteiger partial charge in [0.2, 0.25) is 0 Å². The molecule has 144 valence electrons. The molecule has 5 atom stereocenters. The molecule has 3 heterocycles. The Balaban J connectivity index is 1.63. The molecule has 0 aromatic heterocycles. The van der Waals surface area contributed by atoms with E-state index in [1.807, 2.05) is 6.08 Å². The van der Waals surface area contributed by atoms with Crippen LogP contribution in [0.25, 0.3) is 0 Å². The molecule has 0 amide bonds. The number of fused-ring (bicyclic) bond motifs is 5. The number of para-hydroxylation sites is 1. The van der Waals surface area contributed by atoms with Crippen molar-refractivity contribution in [3.63, 3.8) is 0 Å². The van der Waals surface area contributed by atoms with Crippen molar-refractivity contribution >= 4 is 11.7 Å². The fourth-order valence-electron chi connectivity index (χ4n) is 5.31. The number of benzene rings is 1. The highest BCUT2D eigenvalue weighted by molar-refractivity contribution is 5.88. The van der Waals surface area contributed by atoms with E-state index in [9.17, 15) is 4.79 Å². The second-order valence-corrected chi connectivity index (χ2v) is 7.76. The van der Waals surface area contributed by atoms with Crippen LogP contribution in [-0.4, -0.2) is 50.3 Å². The van der Waals surface area contributed by atoms with Crippen molar-refractivity contribution in [1.29, 1.82) is 0 Å². The van der Waals surface area contributed by atoms with E-state index in [4.69, 9.17) is 9.47 Å². The summed E-state index contributed by atoms with van der Waals surface area (Å²) in [4.78, 5) is 15.0. The number of esters is 1. The van der Waals surface area contributed by atoms with Crippen molar-refractivity contribution in [3.8, 4) is 0 Å². The molecule has 1 N–H and O–H groups in total. The van der Waals surface area contributed by atoms with E-state index < -0.39 is 0 Å². The lowest BCUT2D eigenvalue weighted by Crippen LogP contribution is -2.58. The summed E-state index contributed by atoms with van der Waals surface area (Å²) in [7, 11) is 3.00. The number of carbonyl (C=O) groups is 1. The molecule has 2 saturated heterocycles. The predicted octanol–water partition coefficient (Wildman–Crippen LogP) is 3.16. The normalized spacial score (nSPS) is 32.5. The van der Waals surface area contributed by atoms with Gasteiger partial charge in [-0.15, -0.1) is 6.58 Å². The van der Waals surface area contributed by atoms with E-state index in [1.54, 1.807) is 13.4 Å². The second-order valence-electron chi connectivity index (χ2n) is 7.76. The summed E-state index contributed by atoms with van der Waals surface area (Å²) in [6, 6.07) is 9.40.